The standard InChI is InChI=1S/C12H13F2NO2/c13-10-5-8(7-16)6-11(14)12(10)15-3-1-9(17)2-4-15/h5-7,9,17H,1-4H2. The Labute approximate surface area is 97.7 Å². The van der Waals surface area contributed by atoms with Crippen molar-refractivity contribution >= 4 is 12.0 Å². The molecule has 0 amide bonds. The van der Waals surface area contributed by atoms with E-state index in [9.17, 15) is 18.7 Å². The van der Waals surface area contributed by atoms with Gasteiger partial charge in [-0.25, -0.2) is 8.78 Å². The lowest BCUT2D eigenvalue weighted by atomic mass is 10.1. The van der Waals surface area contributed by atoms with Crippen LogP contribution >= 0.6 is 0 Å². The molecule has 0 aromatic heterocycles. The van der Waals surface area contributed by atoms with E-state index < -0.39 is 17.7 Å². The lowest BCUT2D eigenvalue weighted by Gasteiger charge is -2.31. The van der Waals surface area contributed by atoms with Crippen LogP contribution in [0.5, 0.6) is 0 Å². The number of aliphatic hydroxyl groups excluding tert-OH is 1. The lowest BCUT2D eigenvalue weighted by molar-refractivity contribution is 0.112. The minimum Gasteiger partial charge on any atom is -0.393 e. The molecule has 1 heterocycles. The fourth-order valence-electron chi connectivity index (χ4n) is 2.04. The predicted molar refractivity (Wildman–Crippen MR) is 59.2 cm³/mol. The van der Waals surface area contributed by atoms with E-state index in [2.05, 4.69) is 0 Å². The maximum absolute atomic E-state index is 13.7. The van der Waals surface area contributed by atoms with Gasteiger partial charge in [0, 0.05) is 18.7 Å². The Hall–Kier alpha value is -1.49. The van der Waals surface area contributed by atoms with Crippen molar-refractivity contribution in [2.75, 3.05) is 18.0 Å². The second-order valence-electron chi connectivity index (χ2n) is 4.17. The van der Waals surface area contributed by atoms with Crippen LogP contribution in [0, 0.1) is 11.6 Å². The van der Waals surface area contributed by atoms with Crippen LogP contribution in [0.4, 0.5) is 14.5 Å². The number of anilines is 1. The van der Waals surface area contributed by atoms with Crippen molar-refractivity contribution in [2.24, 2.45) is 0 Å². The highest BCUT2D eigenvalue weighted by Gasteiger charge is 2.23. The molecular formula is C12H13F2NO2. The first-order chi connectivity index (χ1) is 8.11. The summed E-state index contributed by atoms with van der Waals surface area (Å²) in [7, 11) is 0. The van der Waals surface area contributed by atoms with Crippen LogP contribution < -0.4 is 4.90 Å². The SMILES string of the molecule is O=Cc1cc(F)c(N2CCC(O)CC2)c(F)c1. The fourth-order valence-corrected chi connectivity index (χ4v) is 2.04. The van der Waals surface area contributed by atoms with Crippen LogP contribution in [0.15, 0.2) is 12.1 Å². The van der Waals surface area contributed by atoms with E-state index >= 15 is 0 Å². The highest BCUT2D eigenvalue weighted by molar-refractivity contribution is 5.76. The summed E-state index contributed by atoms with van der Waals surface area (Å²) in [5, 5.41) is 9.33. The number of carbonyl (C=O) groups is 1. The zero-order chi connectivity index (χ0) is 12.4. The van der Waals surface area contributed by atoms with E-state index in [0.717, 1.165) is 12.1 Å². The Bertz CT molecular complexity index is 406. The van der Waals surface area contributed by atoms with E-state index in [1.807, 2.05) is 0 Å². The molecule has 0 atom stereocenters. The molecule has 1 aromatic carbocycles. The Morgan fingerprint density at radius 3 is 2.24 bits per heavy atom. The van der Waals surface area contributed by atoms with Gasteiger partial charge in [-0.3, -0.25) is 4.79 Å². The minimum atomic E-state index is -0.733. The van der Waals surface area contributed by atoms with E-state index in [-0.39, 0.29) is 11.3 Å². The molecule has 1 saturated heterocycles. The van der Waals surface area contributed by atoms with Crippen molar-refractivity contribution in [3.63, 3.8) is 0 Å². The van der Waals surface area contributed by atoms with Crippen molar-refractivity contribution in [3.8, 4) is 0 Å². The monoisotopic (exact) mass is 241 g/mol. The molecule has 1 aliphatic rings. The van der Waals surface area contributed by atoms with Gasteiger partial charge in [0.2, 0.25) is 0 Å². The number of nitrogens with zero attached hydrogens (tertiary/aromatic N) is 1. The third kappa shape index (κ3) is 2.44. The van der Waals surface area contributed by atoms with Gasteiger partial charge in [0.05, 0.1) is 6.10 Å². The first-order valence-electron chi connectivity index (χ1n) is 5.49. The average molecular weight is 241 g/mol. The van der Waals surface area contributed by atoms with Crippen molar-refractivity contribution < 1.29 is 18.7 Å². The van der Waals surface area contributed by atoms with Crippen LogP contribution in [-0.2, 0) is 0 Å². The largest absolute Gasteiger partial charge is 0.393 e. The van der Waals surface area contributed by atoms with E-state index in [1.54, 1.807) is 4.90 Å². The topological polar surface area (TPSA) is 40.5 Å². The molecule has 0 saturated carbocycles. The maximum Gasteiger partial charge on any atom is 0.150 e. The molecule has 1 aromatic rings. The number of aliphatic hydroxyl groups is 1. The van der Waals surface area contributed by atoms with Crippen molar-refractivity contribution in [3.05, 3.63) is 29.3 Å². The number of benzene rings is 1. The molecule has 0 spiro atoms. The Morgan fingerprint density at radius 2 is 1.76 bits per heavy atom. The summed E-state index contributed by atoms with van der Waals surface area (Å²) in [5.41, 5.74) is -0.122. The molecule has 0 aliphatic carbocycles. The molecule has 0 unspecified atom stereocenters. The highest BCUT2D eigenvalue weighted by atomic mass is 19.1. The van der Waals surface area contributed by atoms with Gasteiger partial charge >= 0.3 is 0 Å². The average Bonchev–Trinajstić information content (AvgIpc) is 2.30. The number of carbonyl (C=O) groups excluding carboxylic acids is 1. The van der Waals surface area contributed by atoms with E-state index in [4.69, 9.17) is 0 Å². The molecule has 1 fully saturated rings. The van der Waals surface area contributed by atoms with Gasteiger partial charge in [-0.05, 0) is 25.0 Å². The summed E-state index contributed by atoms with van der Waals surface area (Å²) in [6.45, 7) is 0.824. The quantitative estimate of drug-likeness (QED) is 0.802. The molecule has 2 rings (SSSR count). The van der Waals surface area contributed by atoms with E-state index in [0.29, 0.717) is 32.2 Å². The van der Waals surface area contributed by atoms with Gasteiger partial charge < -0.3 is 10.0 Å². The third-order valence-electron chi connectivity index (χ3n) is 2.96. The number of hydrogen-bond acceptors (Lipinski definition) is 3. The van der Waals surface area contributed by atoms with Crippen LogP contribution in [-0.4, -0.2) is 30.6 Å². The van der Waals surface area contributed by atoms with Gasteiger partial charge in [-0.15, -0.1) is 0 Å². The smallest absolute Gasteiger partial charge is 0.150 e. The summed E-state index contributed by atoms with van der Waals surface area (Å²) in [5.74, 6) is -1.47. The molecule has 92 valence electrons. The van der Waals surface area contributed by atoms with Crippen molar-refractivity contribution in [1.29, 1.82) is 0 Å². The predicted octanol–water partition coefficient (Wildman–Crippen LogP) is 1.74. The third-order valence-corrected chi connectivity index (χ3v) is 2.96. The Morgan fingerprint density at radius 1 is 1.24 bits per heavy atom. The Balaban J connectivity index is 2.29. The molecule has 1 N–H and O–H groups in total. The van der Waals surface area contributed by atoms with Gasteiger partial charge in [-0.1, -0.05) is 0 Å². The van der Waals surface area contributed by atoms with Crippen molar-refractivity contribution in [1.82, 2.24) is 0 Å². The molecule has 5 heteroatoms. The summed E-state index contributed by atoms with van der Waals surface area (Å²) in [6.07, 6.45) is 1.00. The van der Waals surface area contributed by atoms with Gasteiger partial charge in [0.1, 0.15) is 23.6 Å². The normalized spacial score (nSPS) is 17.2. The molecule has 1 aliphatic heterocycles. The number of aldehydes is 1. The molecule has 0 bridgehead atoms. The molecule has 0 radical (unpaired) electrons. The summed E-state index contributed by atoms with van der Waals surface area (Å²) < 4.78 is 27.4. The first kappa shape index (κ1) is 12.0. The summed E-state index contributed by atoms with van der Waals surface area (Å²) in [4.78, 5) is 12.0. The summed E-state index contributed by atoms with van der Waals surface area (Å²) >= 11 is 0. The maximum atomic E-state index is 13.7. The molecular weight excluding hydrogens is 228 g/mol. The van der Waals surface area contributed by atoms with Gasteiger partial charge in [0.25, 0.3) is 0 Å². The number of piperidine rings is 1. The van der Waals surface area contributed by atoms with E-state index in [1.165, 1.54) is 0 Å². The van der Waals surface area contributed by atoms with Crippen LogP contribution in [0.3, 0.4) is 0 Å². The van der Waals surface area contributed by atoms with Gasteiger partial charge in [0.15, 0.2) is 0 Å². The van der Waals surface area contributed by atoms with Crippen LogP contribution in [0.25, 0.3) is 0 Å². The van der Waals surface area contributed by atoms with Crippen LogP contribution in [0.2, 0.25) is 0 Å². The first-order valence-corrected chi connectivity index (χ1v) is 5.49. The number of rotatable bonds is 2. The number of hydrogen-bond donors (Lipinski definition) is 1. The molecule has 3 nitrogen and oxygen atoms in total. The zero-order valence-electron chi connectivity index (χ0n) is 9.20. The highest BCUT2D eigenvalue weighted by Crippen LogP contribution is 2.27. The van der Waals surface area contributed by atoms with Crippen molar-refractivity contribution in [2.45, 2.75) is 18.9 Å². The second-order valence-corrected chi connectivity index (χ2v) is 4.17. The zero-order valence-corrected chi connectivity index (χ0v) is 9.20. The molecule has 17 heavy (non-hydrogen) atoms. The van der Waals surface area contributed by atoms with Crippen LogP contribution in [0.1, 0.15) is 23.2 Å². The Kier molecular flexibility index (Phi) is 3.38. The minimum absolute atomic E-state index is 0.0132. The second kappa shape index (κ2) is 4.79. The summed E-state index contributed by atoms with van der Waals surface area (Å²) in [6, 6.07) is 2.05. The lowest BCUT2D eigenvalue weighted by Crippen LogP contribution is -2.36. The van der Waals surface area contributed by atoms with Gasteiger partial charge in [-0.2, -0.15) is 0 Å². The number of halogens is 2. The fraction of sp³-hybridized carbons (Fsp3) is 0.417.